The monoisotopic (exact) mass is 378 g/mol. The molecular weight excluding hydrogens is 355 g/mol. The minimum absolute atomic E-state index is 0.188. The number of hydrogen-bond donors (Lipinski definition) is 2. The second-order valence-corrected chi connectivity index (χ2v) is 6.88. The highest BCUT2D eigenvalue weighted by Gasteiger charge is 1.99. The second-order valence-electron chi connectivity index (χ2n) is 5.37. The van der Waals surface area contributed by atoms with Gasteiger partial charge in [0.05, 0.1) is 6.61 Å². The van der Waals surface area contributed by atoms with Gasteiger partial charge in [-0.15, -0.1) is 0 Å². The van der Waals surface area contributed by atoms with Gasteiger partial charge in [0.15, 0.2) is 5.11 Å². The molecule has 0 aliphatic heterocycles. The molecule has 2 aromatic rings. The van der Waals surface area contributed by atoms with Gasteiger partial charge in [0.25, 0.3) is 0 Å². The number of anilines is 1. The maximum absolute atomic E-state index is 12.8. The molecule has 0 saturated heterocycles. The standard InChI is InChI=1S/C19H23FN2OS2/c1-2-23-18-10-8-17(9-11-18)22-19(24)21-12-3-13-25-14-15-4-6-16(20)7-5-15/h4-11H,2-3,12-14H2,1H3,(H2,21,22,24). The molecule has 0 radical (unpaired) electrons. The first kappa shape index (κ1) is 19.5. The summed E-state index contributed by atoms with van der Waals surface area (Å²) in [6.07, 6.45) is 1.01. The van der Waals surface area contributed by atoms with Crippen LogP contribution in [0.1, 0.15) is 18.9 Å². The Hall–Kier alpha value is -1.79. The maximum atomic E-state index is 12.8. The normalized spacial score (nSPS) is 10.3. The summed E-state index contributed by atoms with van der Waals surface area (Å²) < 4.78 is 18.2. The number of benzene rings is 2. The summed E-state index contributed by atoms with van der Waals surface area (Å²) in [7, 11) is 0. The topological polar surface area (TPSA) is 33.3 Å². The molecule has 2 rings (SSSR count). The zero-order chi connectivity index (χ0) is 17.9. The van der Waals surface area contributed by atoms with Crippen LogP contribution in [0.2, 0.25) is 0 Å². The zero-order valence-corrected chi connectivity index (χ0v) is 15.9. The number of thiocarbonyl (C=S) groups is 1. The van der Waals surface area contributed by atoms with E-state index in [1.54, 1.807) is 0 Å². The van der Waals surface area contributed by atoms with Crippen LogP contribution in [0, 0.1) is 5.82 Å². The summed E-state index contributed by atoms with van der Waals surface area (Å²) in [5.41, 5.74) is 2.08. The van der Waals surface area contributed by atoms with E-state index >= 15 is 0 Å². The third-order valence-electron chi connectivity index (χ3n) is 3.36. The Morgan fingerprint density at radius 2 is 1.84 bits per heavy atom. The summed E-state index contributed by atoms with van der Waals surface area (Å²) in [6, 6.07) is 14.4. The first-order chi connectivity index (χ1) is 12.2. The lowest BCUT2D eigenvalue weighted by Crippen LogP contribution is -2.29. The number of nitrogens with one attached hydrogen (secondary N) is 2. The van der Waals surface area contributed by atoms with E-state index in [4.69, 9.17) is 17.0 Å². The highest BCUT2D eigenvalue weighted by molar-refractivity contribution is 7.98. The van der Waals surface area contributed by atoms with Gasteiger partial charge in [0.2, 0.25) is 0 Å². The highest BCUT2D eigenvalue weighted by Crippen LogP contribution is 2.16. The minimum atomic E-state index is -0.188. The average molecular weight is 379 g/mol. The molecule has 6 heteroatoms. The molecule has 0 heterocycles. The third kappa shape index (κ3) is 7.75. The molecule has 0 bridgehead atoms. The summed E-state index contributed by atoms with van der Waals surface area (Å²) >= 11 is 7.13. The van der Waals surface area contributed by atoms with Crippen molar-refractivity contribution in [3.8, 4) is 5.75 Å². The number of halogens is 1. The van der Waals surface area contributed by atoms with Crippen molar-refractivity contribution >= 4 is 34.8 Å². The molecular formula is C19H23FN2OS2. The Bertz CT molecular complexity index is 647. The molecule has 2 aromatic carbocycles. The second kappa shape index (κ2) is 10.9. The summed E-state index contributed by atoms with van der Waals surface area (Å²) in [4.78, 5) is 0. The van der Waals surface area contributed by atoms with E-state index < -0.39 is 0 Å². The van der Waals surface area contributed by atoms with E-state index in [1.165, 1.54) is 12.1 Å². The number of ether oxygens (including phenoxy) is 1. The molecule has 25 heavy (non-hydrogen) atoms. The average Bonchev–Trinajstić information content (AvgIpc) is 2.61. The SMILES string of the molecule is CCOc1ccc(NC(=S)NCCCSCc2ccc(F)cc2)cc1. The lowest BCUT2D eigenvalue weighted by Gasteiger charge is -2.11. The summed E-state index contributed by atoms with van der Waals surface area (Å²) in [5.74, 6) is 2.59. The van der Waals surface area contributed by atoms with Crippen molar-refractivity contribution in [2.24, 2.45) is 0 Å². The van der Waals surface area contributed by atoms with Crippen molar-refractivity contribution in [2.75, 3.05) is 24.2 Å². The smallest absolute Gasteiger partial charge is 0.170 e. The van der Waals surface area contributed by atoms with Gasteiger partial charge in [-0.05, 0) is 73.3 Å². The summed E-state index contributed by atoms with van der Waals surface area (Å²) in [6.45, 7) is 3.44. The van der Waals surface area contributed by atoms with Gasteiger partial charge < -0.3 is 15.4 Å². The zero-order valence-electron chi connectivity index (χ0n) is 14.3. The van der Waals surface area contributed by atoms with Crippen LogP contribution in [-0.2, 0) is 5.75 Å². The van der Waals surface area contributed by atoms with Crippen LogP contribution in [-0.4, -0.2) is 24.0 Å². The first-order valence-electron chi connectivity index (χ1n) is 8.27. The largest absolute Gasteiger partial charge is 0.494 e. The Labute approximate surface area is 158 Å². The predicted octanol–water partition coefficient (Wildman–Crippen LogP) is 4.83. The van der Waals surface area contributed by atoms with Crippen LogP contribution in [0.25, 0.3) is 0 Å². The first-order valence-corrected chi connectivity index (χ1v) is 9.83. The molecule has 0 fully saturated rings. The van der Waals surface area contributed by atoms with Crippen molar-refractivity contribution < 1.29 is 9.13 Å². The van der Waals surface area contributed by atoms with E-state index in [1.807, 2.05) is 55.1 Å². The summed E-state index contributed by atoms with van der Waals surface area (Å²) in [5, 5.41) is 6.98. The van der Waals surface area contributed by atoms with E-state index in [9.17, 15) is 4.39 Å². The Balaban J connectivity index is 1.56. The van der Waals surface area contributed by atoms with Gasteiger partial charge in [-0.25, -0.2) is 4.39 Å². The van der Waals surface area contributed by atoms with Crippen LogP contribution < -0.4 is 15.4 Å². The molecule has 3 nitrogen and oxygen atoms in total. The molecule has 0 unspecified atom stereocenters. The third-order valence-corrected chi connectivity index (χ3v) is 4.72. The van der Waals surface area contributed by atoms with Crippen molar-refractivity contribution in [1.82, 2.24) is 5.32 Å². The van der Waals surface area contributed by atoms with Gasteiger partial charge in [-0.3, -0.25) is 0 Å². The Kier molecular flexibility index (Phi) is 8.55. The lowest BCUT2D eigenvalue weighted by atomic mass is 10.2. The van der Waals surface area contributed by atoms with Gasteiger partial charge in [0.1, 0.15) is 11.6 Å². The predicted molar refractivity (Wildman–Crippen MR) is 109 cm³/mol. The highest BCUT2D eigenvalue weighted by atomic mass is 32.2. The van der Waals surface area contributed by atoms with Crippen LogP contribution in [0.4, 0.5) is 10.1 Å². The lowest BCUT2D eigenvalue weighted by molar-refractivity contribution is 0.340. The maximum Gasteiger partial charge on any atom is 0.170 e. The number of thioether (sulfide) groups is 1. The van der Waals surface area contributed by atoms with E-state index in [-0.39, 0.29) is 5.82 Å². The fraction of sp³-hybridized carbons (Fsp3) is 0.316. The van der Waals surface area contributed by atoms with Crippen molar-refractivity contribution in [2.45, 2.75) is 19.1 Å². The van der Waals surface area contributed by atoms with Crippen molar-refractivity contribution in [1.29, 1.82) is 0 Å². The molecule has 0 aliphatic rings. The molecule has 0 amide bonds. The van der Waals surface area contributed by atoms with Crippen LogP contribution in [0.5, 0.6) is 5.75 Å². The molecule has 0 atom stereocenters. The fourth-order valence-corrected chi connectivity index (χ4v) is 3.26. The van der Waals surface area contributed by atoms with Gasteiger partial charge >= 0.3 is 0 Å². The molecule has 0 aromatic heterocycles. The molecule has 0 saturated carbocycles. The van der Waals surface area contributed by atoms with E-state index in [2.05, 4.69) is 10.6 Å². The Morgan fingerprint density at radius 3 is 2.52 bits per heavy atom. The molecule has 134 valence electrons. The molecule has 0 spiro atoms. The van der Waals surface area contributed by atoms with Crippen LogP contribution >= 0.6 is 24.0 Å². The quantitative estimate of drug-likeness (QED) is 0.482. The van der Waals surface area contributed by atoms with Gasteiger partial charge in [0, 0.05) is 18.0 Å². The molecule has 2 N–H and O–H groups in total. The van der Waals surface area contributed by atoms with Gasteiger partial charge in [-0.2, -0.15) is 11.8 Å². The van der Waals surface area contributed by atoms with Crippen molar-refractivity contribution in [3.05, 3.63) is 59.9 Å². The number of rotatable bonds is 9. The van der Waals surface area contributed by atoms with Crippen LogP contribution in [0.3, 0.4) is 0 Å². The van der Waals surface area contributed by atoms with Crippen LogP contribution in [0.15, 0.2) is 48.5 Å². The van der Waals surface area contributed by atoms with E-state index in [0.717, 1.165) is 41.5 Å². The van der Waals surface area contributed by atoms with Gasteiger partial charge in [-0.1, -0.05) is 12.1 Å². The minimum Gasteiger partial charge on any atom is -0.494 e. The van der Waals surface area contributed by atoms with Crippen molar-refractivity contribution in [3.63, 3.8) is 0 Å². The molecule has 0 aliphatic carbocycles. The Morgan fingerprint density at radius 1 is 1.12 bits per heavy atom. The number of hydrogen-bond acceptors (Lipinski definition) is 3. The fourth-order valence-electron chi connectivity index (χ4n) is 2.12. The van der Waals surface area contributed by atoms with E-state index in [0.29, 0.717) is 11.7 Å².